The minimum Gasteiger partial charge on any atom is -0.387 e. The van der Waals surface area contributed by atoms with Gasteiger partial charge < -0.3 is 9.51 Å². The normalized spacial score (nSPS) is 23.4. The number of rotatable bonds is 4. The van der Waals surface area contributed by atoms with Crippen molar-refractivity contribution in [3.8, 4) is 0 Å². The molecule has 2 fully saturated rings. The lowest BCUT2D eigenvalue weighted by molar-refractivity contribution is 0.0751. The topological polar surface area (TPSA) is 37.5 Å². The number of fused-ring (bicyclic) bond motifs is 1. The molecule has 2 saturated carbocycles. The summed E-state index contributed by atoms with van der Waals surface area (Å²) in [6.07, 6.45) is 7.89. The Morgan fingerprint density at radius 3 is 2.24 bits per heavy atom. The molecule has 2 aliphatic rings. The smallest absolute Gasteiger partial charge is 0.161 e. The lowest BCUT2D eigenvalue weighted by Crippen LogP contribution is -2.23. The Balaban J connectivity index is 1.38. The van der Waals surface area contributed by atoms with E-state index < -0.39 is 23.6 Å². The van der Waals surface area contributed by atoms with Crippen molar-refractivity contribution in [3.05, 3.63) is 71.1 Å². The third kappa shape index (κ3) is 3.33. The number of hydrogen-bond acceptors (Lipinski definition) is 2. The van der Waals surface area contributed by atoms with Crippen LogP contribution >= 0.6 is 0 Å². The summed E-state index contributed by atoms with van der Waals surface area (Å²) in [7, 11) is 0. The van der Waals surface area contributed by atoms with E-state index in [1.54, 1.807) is 12.5 Å². The predicted molar refractivity (Wildman–Crippen MR) is 103 cm³/mol. The van der Waals surface area contributed by atoms with Crippen molar-refractivity contribution in [2.45, 2.75) is 56.5 Å². The molecule has 0 bridgehead atoms. The first-order valence-corrected chi connectivity index (χ1v) is 10.3. The number of hydrogen-bond donors (Lipinski definition) is 1. The van der Waals surface area contributed by atoms with Gasteiger partial charge in [0.15, 0.2) is 11.6 Å². The molecule has 29 heavy (non-hydrogen) atoms. The second-order valence-corrected chi connectivity index (χ2v) is 8.48. The maximum absolute atomic E-state index is 14.2. The van der Waals surface area contributed by atoms with Crippen LogP contribution in [0.3, 0.4) is 0 Å². The van der Waals surface area contributed by atoms with Gasteiger partial charge in [-0.1, -0.05) is 6.07 Å². The number of pyridine rings is 1. The number of imidazole rings is 1. The average Bonchev–Trinajstić information content (AvgIpc) is 3.46. The fraction of sp³-hybridized carbons (Fsp3) is 0.435. The Labute approximate surface area is 167 Å². The number of aliphatic hydroxyl groups excluding tert-OH is 1. The van der Waals surface area contributed by atoms with Gasteiger partial charge in [-0.05, 0) is 79.5 Å². The van der Waals surface area contributed by atoms with Crippen LogP contribution in [0, 0.1) is 23.4 Å². The number of nitrogens with zero attached hydrogens (tertiary/aromatic N) is 2. The Morgan fingerprint density at radius 1 is 0.862 bits per heavy atom. The van der Waals surface area contributed by atoms with Crippen molar-refractivity contribution in [1.82, 2.24) is 9.38 Å². The maximum atomic E-state index is 14.2. The van der Waals surface area contributed by atoms with Crippen molar-refractivity contribution in [1.29, 1.82) is 0 Å². The Bertz CT molecular complexity index is 1050. The SMILES string of the molecule is O[C@@H](c1c(C2CC2)ccc2cncn12)C1CCC(c2cc(F)c(F)cc2F)CC1. The van der Waals surface area contributed by atoms with E-state index in [1.165, 1.54) is 5.56 Å². The van der Waals surface area contributed by atoms with Gasteiger partial charge in [-0.15, -0.1) is 0 Å². The van der Waals surface area contributed by atoms with E-state index >= 15 is 0 Å². The van der Waals surface area contributed by atoms with Gasteiger partial charge in [-0.2, -0.15) is 0 Å². The highest BCUT2D eigenvalue weighted by Crippen LogP contribution is 2.47. The minimum absolute atomic E-state index is 0.0464. The lowest BCUT2D eigenvalue weighted by atomic mass is 9.75. The van der Waals surface area contributed by atoms with Gasteiger partial charge in [0, 0.05) is 6.07 Å². The van der Waals surface area contributed by atoms with Crippen LogP contribution in [-0.4, -0.2) is 14.5 Å². The van der Waals surface area contributed by atoms with E-state index in [1.807, 2.05) is 10.5 Å². The summed E-state index contributed by atoms with van der Waals surface area (Å²) < 4.78 is 43.0. The molecule has 1 atom stereocenters. The molecule has 0 saturated heterocycles. The zero-order valence-corrected chi connectivity index (χ0v) is 16.0. The van der Waals surface area contributed by atoms with Crippen molar-refractivity contribution in [3.63, 3.8) is 0 Å². The van der Waals surface area contributed by atoms with Gasteiger partial charge in [0.25, 0.3) is 0 Å². The van der Waals surface area contributed by atoms with Gasteiger partial charge in [-0.25, -0.2) is 18.2 Å². The molecule has 0 radical (unpaired) electrons. The first-order chi connectivity index (χ1) is 14.0. The van der Waals surface area contributed by atoms with E-state index in [0.29, 0.717) is 37.7 Å². The van der Waals surface area contributed by atoms with Crippen LogP contribution in [0.1, 0.15) is 73.3 Å². The van der Waals surface area contributed by atoms with Gasteiger partial charge in [0.1, 0.15) is 5.82 Å². The molecule has 2 aromatic heterocycles. The highest BCUT2D eigenvalue weighted by molar-refractivity contribution is 5.50. The van der Waals surface area contributed by atoms with E-state index in [-0.39, 0.29) is 17.4 Å². The second-order valence-electron chi connectivity index (χ2n) is 8.48. The van der Waals surface area contributed by atoms with Gasteiger partial charge in [0.2, 0.25) is 0 Å². The molecule has 3 nitrogen and oxygen atoms in total. The monoisotopic (exact) mass is 400 g/mol. The molecule has 5 rings (SSSR count). The number of benzene rings is 1. The quantitative estimate of drug-likeness (QED) is 0.576. The largest absolute Gasteiger partial charge is 0.387 e. The second kappa shape index (κ2) is 7.17. The van der Waals surface area contributed by atoms with Gasteiger partial charge in [0.05, 0.1) is 29.8 Å². The third-order valence-electron chi connectivity index (χ3n) is 6.65. The first-order valence-electron chi connectivity index (χ1n) is 10.3. The van der Waals surface area contributed by atoms with Crippen molar-refractivity contribution >= 4 is 5.52 Å². The fourth-order valence-corrected chi connectivity index (χ4v) is 4.90. The summed E-state index contributed by atoms with van der Waals surface area (Å²) in [6.45, 7) is 0. The molecular formula is C23H23F3N2O. The summed E-state index contributed by atoms with van der Waals surface area (Å²) in [4.78, 5) is 4.23. The Kier molecular flexibility index (Phi) is 4.62. The summed E-state index contributed by atoms with van der Waals surface area (Å²) in [5, 5.41) is 11.3. The number of aliphatic hydroxyl groups is 1. The number of halogens is 3. The summed E-state index contributed by atoms with van der Waals surface area (Å²) in [5.74, 6) is -2.46. The van der Waals surface area contributed by atoms with E-state index in [9.17, 15) is 18.3 Å². The molecule has 1 aromatic carbocycles. The molecular weight excluding hydrogens is 377 g/mol. The summed E-state index contributed by atoms with van der Waals surface area (Å²) in [5.41, 5.74) is 3.31. The fourth-order valence-electron chi connectivity index (χ4n) is 4.90. The molecule has 152 valence electrons. The highest BCUT2D eigenvalue weighted by atomic mass is 19.2. The van der Waals surface area contributed by atoms with E-state index in [4.69, 9.17) is 0 Å². The molecule has 0 aliphatic heterocycles. The molecule has 0 spiro atoms. The van der Waals surface area contributed by atoms with E-state index in [2.05, 4.69) is 11.1 Å². The summed E-state index contributed by atoms with van der Waals surface area (Å²) >= 11 is 0. The van der Waals surface area contributed by atoms with Crippen LogP contribution in [-0.2, 0) is 0 Å². The summed E-state index contributed by atoms with van der Waals surface area (Å²) in [6, 6.07) is 5.77. The first kappa shape index (κ1) is 18.7. The Hall–Kier alpha value is -2.34. The molecule has 3 aromatic rings. The van der Waals surface area contributed by atoms with Crippen LogP contribution in [0.5, 0.6) is 0 Å². The zero-order chi connectivity index (χ0) is 20.1. The van der Waals surface area contributed by atoms with Crippen molar-refractivity contribution < 1.29 is 18.3 Å². The van der Waals surface area contributed by atoms with Crippen LogP contribution in [0.25, 0.3) is 5.52 Å². The van der Waals surface area contributed by atoms with Crippen molar-refractivity contribution in [2.24, 2.45) is 5.92 Å². The molecule has 2 aliphatic carbocycles. The third-order valence-corrected chi connectivity index (χ3v) is 6.65. The maximum Gasteiger partial charge on any atom is 0.161 e. The van der Waals surface area contributed by atoms with Gasteiger partial charge >= 0.3 is 0 Å². The average molecular weight is 400 g/mol. The van der Waals surface area contributed by atoms with Crippen LogP contribution in [0.4, 0.5) is 13.2 Å². The van der Waals surface area contributed by atoms with Crippen LogP contribution < -0.4 is 0 Å². The standard InChI is InChI=1S/C23H23F3N2O/c24-19-10-21(26)20(25)9-18(19)14-3-5-15(6-4-14)23(29)22-17(13-1-2-13)8-7-16-11-27-12-28(16)22/h7-15,23,29H,1-6H2/t14?,15?,23-/m1/s1. The molecule has 0 amide bonds. The lowest BCUT2D eigenvalue weighted by Gasteiger charge is -2.33. The van der Waals surface area contributed by atoms with E-state index in [0.717, 1.165) is 30.1 Å². The predicted octanol–water partition coefficient (Wildman–Crippen LogP) is 5.64. The van der Waals surface area contributed by atoms with Gasteiger partial charge in [-0.3, -0.25) is 0 Å². The minimum atomic E-state index is -1.16. The highest BCUT2D eigenvalue weighted by Gasteiger charge is 2.35. The van der Waals surface area contributed by atoms with Crippen molar-refractivity contribution in [2.75, 3.05) is 0 Å². The molecule has 1 N–H and O–H groups in total. The molecule has 6 heteroatoms. The zero-order valence-electron chi connectivity index (χ0n) is 16.0. The number of aromatic nitrogens is 2. The Morgan fingerprint density at radius 2 is 1.52 bits per heavy atom. The molecule has 0 unspecified atom stereocenters. The molecule has 2 heterocycles. The van der Waals surface area contributed by atoms with Crippen LogP contribution in [0.2, 0.25) is 0 Å². The van der Waals surface area contributed by atoms with Crippen LogP contribution in [0.15, 0.2) is 36.8 Å².